The molecule has 0 fully saturated rings. The van der Waals surface area contributed by atoms with Crippen molar-refractivity contribution >= 4 is 25.5 Å². The fraction of sp³-hybridized carbons (Fsp3) is 0.844. The second kappa shape index (κ2) is 40.4. The van der Waals surface area contributed by atoms with Gasteiger partial charge in [0.2, 0.25) is 0 Å². The van der Waals surface area contributed by atoms with E-state index < -0.39 is 32.5 Å². The Bertz CT molecular complexity index is 1010. The fourth-order valence-electron chi connectivity index (χ4n) is 6.53. The topological polar surface area (TPSA) is 136 Å². The van der Waals surface area contributed by atoms with Crippen molar-refractivity contribution in [1.82, 2.24) is 0 Å². The number of rotatable bonds is 42. The van der Waals surface area contributed by atoms with Crippen molar-refractivity contribution in [3.8, 4) is 0 Å². The number of ketones is 1. The predicted octanol–water partition coefficient (Wildman–Crippen LogP) is 13.1. The highest BCUT2D eigenvalue weighted by atomic mass is 31.2. The second-order valence-electron chi connectivity index (χ2n) is 15.4. The van der Waals surface area contributed by atoms with E-state index in [-0.39, 0.29) is 25.2 Å². The molecule has 0 aromatic carbocycles. The number of ether oxygens (including phenoxy) is 2. The number of esters is 2. The highest BCUT2D eigenvalue weighted by Gasteiger charge is 2.23. The molecule has 0 saturated carbocycles. The van der Waals surface area contributed by atoms with E-state index in [2.05, 4.69) is 24.4 Å². The third-order valence-electron chi connectivity index (χ3n) is 9.95. The molecule has 0 unspecified atom stereocenters. The molecule has 0 aromatic heterocycles. The number of carbonyl (C=O) groups excluding carboxylic acids is 3. The van der Waals surface area contributed by atoms with Crippen molar-refractivity contribution in [3.05, 3.63) is 24.3 Å². The predicted molar refractivity (Wildman–Crippen MR) is 226 cm³/mol. The molecule has 0 heterocycles. The lowest BCUT2D eigenvalue weighted by atomic mass is 10.0. The van der Waals surface area contributed by atoms with Gasteiger partial charge in [-0.05, 0) is 38.2 Å². The van der Waals surface area contributed by atoms with Gasteiger partial charge in [-0.25, -0.2) is 4.57 Å². The van der Waals surface area contributed by atoms with Gasteiger partial charge in [-0.3, -0.25) is 18.9 Å². The molecule has 0 aliphatic carbocycles. The van der Waals surface area contributed by atoms with Crippen LogP contribution in [0.15, 0.2) is 24.3 Å². The lowest BCUT2D eigenvalue weighted by molar-refractivity contribution is -0.161. The van der Waals surface area contributed by atoms with Gasteiger partial charge in [0.15, 0.2) is 11.9 Å². The Labute approximate surface area is 336 Å². The molecule has 55 heavy (non-hydrogen) atoms. The molecule has 1 atom stereocenters. The Morgan fingerprint density at radius 3 is 1.36 bits per heavy atom. The van der Waals surface area contributed by atoms with Crippen LogP contribution in [-0.2, 0) is 32.9 Å². The summed E-state index contributed by atoms with van der Waals surface area (Å²) in [6.45, 7) is 3.56. The van der Waals surface area contributed by atoms with Crippen molar-refractivity contribution < 1.29 is 42.7 Å². The molecular formula is C45H83O9P. The van der Waals surface area contributed by atoms with Crippen molar-refractivity contribution in [2.75, 3.05) is 13.2 Å². The largest absolute Gasteiger partial charge is 0.469 e. The third-order valence-corrected chi connectivity index (χ3v) is 10.4. The fourth-order valence-corrected chi connectivity index (χ4v) is 6.89. The van der Waals surface area contributed by atoms with Gasteiger partial charge in [0.05, 0.1) is 6.61 Å². The monoisotopic (exact) mass is 799 g/mol. The number of carbonyl (C=O) groups is 3. The van der Waals surface area contributed by atoms with Gasteiger partial charge < -0.3 is 19.3 Å². The number of allylic oxidation sites excluding steroid dienone is 4. The summed E-state index contributed by atoms with van der Waals surface area (Å²) >= 11 is 0. The summed E-state index contributed by atoms with van der Waals surface area (Å²) < 4.78 is 26.4. The quantitative estimate of drug-likeness (QED) is 0.0203. The van der Waals surface area contributed by atoms with Gasteiger partial charge in [-0.2, -0.15) is 0 Å². The van der Waals surface area contributed by atoms with E-state index in [1.807, 2.05) is 12.2 Å². The first-order valence-corrected chi connectivity index (χ1v) is 24.1. The summed E-state index contributed by atoms with van der Waals surface area (Å²) in [5.41, 5.74) is 0. The Hall–Kier alpha value is -1.80. The van der Waals surface area contributed by atoms with Gasteiger partial charge >= 0.3 is 19.8 Å². The molecule has 0 spiro atoms. The van der Waals surface area contributed by atoms with E-state index in [1.165, 1.54) is 135 Å². The Balaban J connectivity index is 3.89. The zero-order chi connectivity index (χ0) is 40.5. The average Bonchev–Trinajstić information content (AvgIpc) is 3.15. The first-order chi connectivity index (χ1) is 26.7. The van der Waals surface area contributed by atoms with E-state index in [9.17, 15) is 18.9 Å². The van der Waals surface area contributed by atoms with Gasteiger partial charge in [-0.15, -0.1) is 0 Å². The summed E-state index contributed by atoms with van der Waals surface area (Å²) in [5, 5.41) is 0. The molecule has 0 aromatic rings. The summed E-state index contributed by atoms with van der Waals surface area (Å²) in [7, 11) is -4.78. The minimum Gasteiger partial charge on any atom is -0.462 e. The van der Waals surface area contributed by atoms with Crippen LogP contribution in [0.5, 0.6) is 0 Å². The van der Waals surface area contributed by atoms with Crippen molar-refractivity contribution in [2.45, 2.75) is 232 Å². The molecular weight excluding hydrogens is 715 g/mol. The normalized spacial score (nSPS) is 12.5. The summed E-state index contributed by atoms with van der Waals surface area (Å²) in [4.78, 5) is 54.9. The van der Waals surface area contributed by atoms with Crippen LogP contribution in [0.4, 0.5) is 0 Å². The van der Waals surface area contributed by atoms with E-state index in [0.717, 1.165) is 44.9 Å². The first-order valence-electron chi connectivity index (χ1n) is 22.6. The Morgan fingerprint density at radius 2 is 0.909 bits per heavy atom. The minimum atomic E-state index is -4.78. The summed E-state index contributed by atoms with van der Waals surface area (Å²) in [5.74, 6) is -0.854. The summed E-state index contributed by atoms with van der Waals surface area (Å²) in [6.07, 6.45) is 43.0. The molecule has 9 nitrogen and oxygen atoms in total. The van der Waals surface area contributed by atoms with Crippen molar-refractivity contribution in [3.63, 3.8) is 0 Å². The van der Waals surface area contributed by atoms with Crippen molar-refractivity contribution in [1.29, 1.82) is 0 Å². The Kier molecular flexibility index (Phi) is 39.1. The van der Waals surface area contributed by atoms with E-state index in [0.29, 0.717) is 19.3 Å². The van der Waals surface area contributed by atoms with Gasteiger partial charge in [0.1, 0.15) is 6.61 Å². The van der Waals surface area contributed by atoms with Crippen LogP contribution in [-0.4, -0.2) is 46.8 Å². The molecule has 2 N–H and O–H groups in total. The van der Waals surface area contributed by atoms with Crippen LogP contribution >= 0.6 is 7.82 Å². The van der Waals surface area contributed by atoms with Gasteiger partial charge in [0, 0.05) is 19.3 Å². The average molecular weight is 799 g/mol. The van der Waals surface area contributed by atoms with E-state index in [4.69, 9.17) is 19.3 Å². The smallest absolute Gasteiger partial charge is 0.462 e. The third kappa shape index (κ3) is 43.2. The van der Waals surface area contributed by atoms with Crippen LogP contribution in [0.2, 0.25) is 0 Å². The zero-order valence-electron chi connectivity index (χ0n) is 35.3. The van der Waals surface area contributed by atoms with Crippen LogP contribution in [0, 0.1) is 0 Å². The zero-order valence-corrected chi connectivity index (χ0v) is 36.2. The Morgan fingerprint density at radius 1 is 0.509 bits per heavy atom. The maximum atomic E-state index is 12.4. The maximum Gasteiger partial charge on any atom is 0.469 e. The SMILES string of the molecule is CCCCC/C=C\C=C\C(=O)CCCCCCCC(=O)O[C@H](COC(=O)CCCCCCCCCCCCCCCCCCCCCCC)COP(=O)(O)O. The van der Waals surface area contributed by atoms with Crippen LogP contribution < -0.4 is 0 Å². The van der Waals surface area contributed by atoms with Crippen molar-refractivity contribution in [2.24, 2.45) is 0 Å². The highest BCUT2D eigenvalue weighted by Crippen LogP contribution is 2.36. The molecule has 10 heteroatoms. The molecule has 322 valence electrons. The second-order valence-corrected chi connectivity index (χ2v) is 16.7. The highest BCUT2D eigenvalue weighted by molar-refractivity contribution is 7.46. The van der Waals surface area contributed by atoms with E-state index in [1.54, 1.807) is 6.08 Å². The van der Waals surface area contributed by atoms with Gasteiger partial charge in [0.25, 0.3) is 0 Å². The number of phosphoric ester groups is 1. The summed E-state index contributed by atoms with van der Waals surface area (Å²) in [6, 6.07) is 0. The number of unbranched alkanes of at least 4 members (excludes halogenated alkanes) is 27. The van der Waals surface area contributed by atoms with Crippen LogP contribution in [0.25, 0.3) is 0 Å². The first kappa shape index (κ1) is 53.2. The molecule has 0 rings (SSSR count). The number of phosphoric acid groups is 1. The molecule has 0 aliphatic heterocycles. The molecule has 0 saturated heterocycles. The maximum absolute atomic E-state index is 12.4. The lowest BCUT2D eigenvalue weighted by Crippen LogP contribution is -2.29. The van der Waals surface area contributed by atoms with Crippen LogP contribution in [0.3, 0.4) is 0 Å². The molecule has 0 aliphatic rings. The number of hydrogen-bond acceptors (Lipinski definition) is 7. The lowest BCUT2D eigenvalue weighted by Gasteiger charge is -2.18. The number of hydrogen-bond donors (Lipinski definition) is 2. The van der Waals surface area contributed by atoms with Crippen LogP contribution in [0.1, 0.15) is 226 Å². The van der Waals surface area contributed by atoms with Gasteiger partial charge in [-0.1, -0.05) is 193 Å². The molecule has 0 bridgehead atoms. The molecule has 0 amide bonds. The standard InChI is InChI=1S/C45H83O9P/c1-3-5-7-9-11-12-13-14-15-16-17-18-19-20-21-22-23-24-26-30-34-38-44(47)52-40-43(41-53-55(49,50)51)54-45(48)39-35-31-27-29-33-37-42(46)36-32-28-25-10-8-6-4-2/h25,28,32,36,43H,3-24,26-27,29-31,33-35,37-41H2,1-2H3,(H2,49,50,51)/b28-25-,36-32+/t43-/m1/s1. The van der Waals surface area contributed by atoms with E-state index >= 15 is 0 Å². The molecule has 0 radical (unpaired) electrons. The minimum absolute atomic E-state index is 0.113.